The van der Waals surface area contributed by atoms with Gasteiger partial charge in [0, 0.05) is 28.1 Å². The number of halogens is 3. The van der Waals surface area contributed by atoms with Crippen molar-refractivity contribution < 1.29 is 17.9 Å². The van der Waals surface area contributed by atoms with Crippen LogP contribution in [0.3, 0.4) is 0 Å². The Balaban J connectivity index is 2.01. The van der Waals surface area contributed by atoms with Gasteiger partial charge in [-0.25, -0.2) is 9.98 Å². The molecule has 2 aromatic heterocycles. The number of rotatable bonds is 7. The lowest BCUT2D eigenvalue weighted by Gasteiger charge is -2.13. The molecule has 26 heavy (non-hydrogen) atoms. The lowest BCUT2D eigenvalue weighted by molar-refractivity contribution is -0.154. The van der Waals surface area contributed by atoms with Crippen molar-refractivity contribution in [2.45, 2.75) is 33.1 Å². The monoisotopic (exact) mass is 386 g/mol. The SMILES string of the molecule is CCNC(=NCc1cccnc1OCC(F)(F)F)NCc1ccc(C)s1. The number of hydrogen-bond acceptors (Lipinski definition) is 4. The summed E-state index contributed by atoms with van der Waals surface area (Å²) in [6.07, 6.45) is -3.02. The van der Waals surface area contributed by atoms with E-state index in [2.05, 4.69) is 20.6 Å². The zero-order valence-corrected chi connectivity index (χ0v) is 15.4. The number of aryl methyl sites for hydroxylation is 1. The molecule has 2 aromatic rings. The zero-order valence-electron chi connectivity index (χ0n) is 14.6. The van der Waals surface area contributed by atoms with E-state index in [1.807, 2.05) is 26.0 Å². The topological polar surface area (TPSA) is 58.5 Å². The number of nitrogens with one attached hydrogen (secondary N) is 2. The number of ether oxygens (including phenoxy) is 1. The third-order valence-electron chi connectivity index (χ3n) is 3.20. The Morgan fingerprint density at radius 2 is 2.08 bits per heavy atom. The number of aromatic nitrogens is 1. The van der Waals surface area contributed by atoms with Gasteiger partial charge >= 0.3 is 6.18 Å². The van der Waals surface area contributed by atoms with Gasteiger partial charge < -0.3 is 15.4 Å². The first kappa shape index (κ1) is 20.0. The van der Waals surface area contributed by atoms with Crippen molar-refractivity contribution >= 4 is 17.3 Å². The van der Waals surface area contributed by atoms with Crippen LogP contribution in [0.15, 0.2) is 35.5 Å². The van der Waals surface area contributed by atoms with Gasteiger partial charge in [0.1, 0.15) is 0 Å². The number of pyridine rings is 1. The van der Waals surface area contributed by atoms with Gasteiger partial charge in [0.2, 0.25) is 5.88 Å². The quantitative estimate of drug-likeness (QED) is 0.563. The standard InChI is InChI=1S/C17H21F3N4OS/c1-3-21-16(24-10-14-7-6-12(2)26-14)23-9-13-5-4-8-22-15(13)25-11-17(18,19)20/h4-8H,3,9-11H2,1-2H3,(H2,21,23,24). The first-order chi connectivity index (χ1) is 12.4. The summed E-state index contributed by atoms with van der Waals surface area (Å²) in [6.45, 7) is 4.04. The summed E-state index contributed by atoms with van der Waals surface area (Å²) in [5, 5.41) is 6.31. The maximum Gasteiger partial charge on any atom is 0.422 e. The molecule has 0 amide bonds. The highest BCUT2D eigenvalue weighted by Gasteiger charge is 2.29. The summed E-state index contributed by atoms with van der Waals surface area (Å²) in [6, 6.07) is 7.38. The number of hydrogen-bond donors (Lipinski definition) is 2. The van der Waals surface area contributed by atoms with Crippen molar-refractivity contribution in [3.8, 4) is 5.88 Å². The van der Waals surface area contributed by atoms with E-state index >= 15 is 0 Å². The van der Waals surface area contributed by atoms with Gasteiger partial charge in [-0.3, -0.25) is 0 Å². The molecular formula is C17H21F3N4OS. The fourth-order valence-corrected chi connectivity index (χ4v) is 2.91. The molecule has 0 radical (unpaired) electrons. The van der Waals surface area contributed by atoms with Gasteiger partial charge in [0.05, 0.1) is 13.1 Å². The third kappa shape index (κ3) is 6.91. The van der Waals surface area contributed by atoms with Crippen molar-refractivity contribution in [1.82, 2.24) is 15.6 Å². The summed E-state index contributed by atoms with van der Waals surface area (Å²) >= 11 is 1.69. The molecule has 2 heterocycles. The smallest absolute Gasteiger partial charge is 0.422 e. The minimum absolute atomic E-state index is 0.0571. The van der Waals surface area contributed by atoms with E-state index in [0.717, 1.165) is 0 Å². The van der Waals surface area contributed by atoms with E-state index in [0.29, 0.717) is 24.6 Å². The summed E-state index contributed by atoms with van der Waals surface area (Å²) in [5.74, 6) is 0.516. The molecule has 9 heteroatoms. The largest absolute Gasteiger partial charge is 0.468 e. The van der Waals surface area contributed by atoms with Crippen LogP contribution in [0.5, 0.6) is 5.88 Å². The minimum Gasteiger partial charge on any atom is -0.468 e. The van der Waals surface area contributed by atoms with Crippen molar-refractivity contribution in [2.24, 2.45) is 4.99 Å². The summed E-state index contributed by atoms with van der Waals surface area (Å²) in [4.78, 5) is 10.7. The highest BCUT2D eigenvalue weighted by Crippen LogP contribution is 2.20. The Morgan fingerprint density at radius 1 is 1.27 bits per heavy atom. The van der Waals surface area contributed by atoms with Crippen LogP contribution in [0, 0.1) is 6.92 Å². The highest BCUT2D eigenvalue weighted by atomic mass is 32.1. The number of alkyl halides is 3. The van der Waals surface area contributed by atoms with Gasteiger partial charge in [-0.15, -0.1) is 11.3 Å². The number of nitrogens with zero attached hydrogens (tertiary/aromatic N) is 2. The molecule has 5 nitrogen and oxygen atoms in total. The Morgan fingerprint density at radius 3 is 2.73 bits per heavy atom. The fourth-order valence-electron chi connectivity index (χ4n) is 2.08. The Kier molecular flexibility index (Phi) is 7.26. The molecule has 0 saturated heterocycles. The maximum absolute atomic E-state index is 12.4. The zero-order chi connectivity index (χ0) is 19.0. The van der Waals surface area contributed by atoms with E-state index in [1.165, 1.54) is 16.0 Å². The van der Waals surface area contributed by atoms with Gasteiger partial charge in [-0.1, -0.05) is 6.07 Å². The van der Waals surface area contributed by atoms with Crippen LogP contribution in [-0.2, 0) is 13.1 Å². The van der Waals surface area contributed by atoms with Crippen molar-refractivity contribution in [3.63, 3.8) is 0 Å². The maximum atomic E-state index is 12.4. The van der Waals surface area contributed by atoms with Gasteiger partial charge in [0.15, 0.2) is 12.6 Å². The molecule has 0 unspecified atom stereocenters. The molecule has 0 aliphatic heterocycles. The molecule has 0 aliphatic rings. The lowest BCUT2D eigenvalue weighted by atomic mass is 10.3. The second-order valence-corrected chi connectivity index (χ2v) is 6.81. The molecule has 0 saturated carbocycles. The molecule has 0 aromatic carbocycles. The number of aliphatic imine (C=N–C) groups is 1. The molecule has 2 N–H and O–H groups in total. The van der Waals surface area contributed by atoms with Crippen LogP contribution in [0.2, 0.25) is 0 Å². The van der Waals surface area contributed by atoms with Crippen molar-refractivity contribution in [1.29, 1.82) is 0 Å². The van der Waals surface area contributed by atoms with Gasteiger partial charge in [-0.05, 0) is 32.0 Å². The molecule has 0 bridgehead atoms. The fraction of sp³-hybridized carbons (Fsp3) is 0.412. The Bertz CT molecular complexity index is 731. The van der Waals surface area contributed by atoms with Crippen LogP contribution in [-0.4, -0.2) is 30.3 Å². The van der Waals surface area contributed by atoms with E-state index in [-0.39, 0.29) is 12.4 Å². The highest BCUT2D eigenvalue weighted by molar-refractivity contribution is 7.11. The van der Waals surface area contributed by atoms with Crippen molar-refractivity contribution in [2.75, 3.05) is 13.2 Å². The minimum atomic E-state index is -4.41. The first-order valence-electron chi connectivity index (χ1n) is 8.08. The van der Waals surface area contributed by atoms with Crippen LogP contribution in [0.1, 0.15) is 22.2 Å². The summed E-state index contributed by atoms with van der Waals surface area (Å²) < 4.78 is 41.8. The average Bonchev–Trinajstić information content (AvgIpc) is 3.01. The molecule has 0 spiro atoms. The van der Waals surface area contributed by atoms with E-state index < -0.39 is 12.8 Å². The molecule has 0 atom stereocenters. The van der Waals surface area contributed by atoms with Gasteiger partial charge in [-0.2, -0.15) is 13.2 Å². The predicted molar refractivity (Wildman–Crippen MR) is 96.5 cm³/mol. The second kappa shape index (κ2) is 9.42. The molecule has 0 fully saturated rings. The summed E-state index contributed by atoms with van der Waals surface area (Å²) in [7, 11) is 0. The molecule has 0 aliphatic carbocycles. The van der Waals surface area contributed by atoms with Gasteiger partial charge in [0.25, 0.3) is 0 Å². The first-order valence-corrected chi connectivity index (χ1v) is 8.90. The molecule has 2 rings (SSSR count). The second-order valence-electron chi connectivity index (χ2n) is 5.43. The summed E-state index contributed by atoms with van der Waals surface area (Å²) in [5.41, 5.74) is 0.487. The number of thiophene rings is 1. The normalized spacial score (nSPS) is 12.1. The van der Waals surface area contributed by atoms with E-state index in [4.69, 9.17) is 4.74 Å². The van der Waals surface area contributed by atoms with E-state index in [9.17, 15) is 13.2 Å². The lowest BCUT2D eigenvalue weighted by Crippen LogP contribution is -2.36. The predicted octanol–water partition coefficient (Wildman–Crippen LogP) is 3.65. The Hall–Kier alpha value is -2.29. The van der Waals surface area contributed by atoms with Crippen LogP contribution in [0.4, 0.5) is 13.2 Å². The average molecular weight is 386 g/mol. The van der Waals surface area contributed by atoms with Crippen LogP contribution >= 0.6 is 11.3 Å². The van der Waals surface area contributed by atoms with Crippen LogP contribution < -0.4 is 15.4 Å². The number of guanidine groups is 1. The molecule has 142 valence electrons. The van der Waals surface area contributed by atoms with E-state index in [1.54, 1.807) is 23.5 Å². The third-order valence-corrected chi connectivity index (χ3v) is 4.20. The Labute approximate surface area is 154 Å². The molecular weight excluding hydrogens is 365 g/mol. The van der Waals surface area contributed by atoms with Crippen molar-refractivity contribution in [3.05, 3.63) is 45.8 Å². The van der Waals surface area contributed by atoms with Crippen LogP contribution in [0.25, 0.3) is 0 Å².